The molecule has 0 radical (unpaired) electrons. The van der Waals surface area contributed by atoms with Gasteiger partial charge in [-0.1, -0.05) is 23.7 Å². The molecule has 0 aliphatic heterocycles. The lowest BCUT2D eigenvalue weighted by atomic mass is 10.2. The van der Waals surface area contributed by atoms with E-state index in [2.05, 4.69) is 0 Å². The van der Waals surface area contributed by atoms with E-state index >= 15 is 0 Å². The molecule has 0 aliphatic carbocycles. The van der Waals surface area contributed by atoms with Gasteiger partial charge in [-0.2, -0.15) is 0 Å². The molecule has 90 valence electrons. The fourth-order valence-electron chi connectivity index (χ4n) is 1.34. The minimum Gasteiger partial charge on any atom is -0.391 e. The number of hydrogen-bond donors (Lipinski definition) is 3. The summed E-state index contributed by atoms with van der Waals surface area (Å²) in [6.07, 6.45) is -1.07. The number of nitrogens with two attached hydrogens (primary N) is 1. The summed E-state index contributed by atoms with van der Waals surface area (Å²) in [6.45, 7) is -0.00876. The Bertz CT molecular complexity index is 382. The van der Waals surface area contributed by atoms with Crippen molar-refractivity contribution in [2.24, 2.45) is 5.73 Å². The van der Waals surface area contributed by atoms with Crippen molar-refractivity contribution in [3.05, 3.63) is 34.9 Å². The molecule has 0 bridgehead atoms. The Morgan fingerprint density at radius 2 is 1.94 bits per heavy atom. The number of hydrogen-bond acceptors (Lipinski definition) is 3. The van der Waals surface area contributed by atoms with Gasteiger partial charge >= 0.3 is 0 Å². The number of aliphatic hydroxyl groups excluding tert-OH is 1. The molecule has 0 saturated heterocycles. The first-order valence-corrected chi connectivity index (χ1v) is 7.27. The Hall–Kier alpha value is -0.380. The smallest absolute Gasteiger partial charge is 0.207 e. The van der Waals surface area contributed by atoms with E-state index in [4.69, 9.17) is 17.3 Å². The summed E-state index contributed by atoms with van der Waals surface area (Å²) in [6, 6.07) is 6.71. The topological polar surface area (TPSA) is 83.5 Å². The zero-order valence-electron chi connectivity index (χ0n) is 8.71. The number of rotatable bonds is 5. The van der Waals surface area contributed by atoms with Crippen LogP contribution in [0.5, 0.6) is 0 Å². The maximum absolute atomic E-state index is 11.7. The van der Waals surface area contributed by atoms with Crippen LogP contribution in [-0.2, 0) is 10.7 Å². The molecule has 1 unspecified atom stereocenters. The predicted octanol–water partition coefficient (Wildman–Crippen LogP) is 1.43. The summed E-state index contributed by atoms with van der Waals surface area (Å²) in [5.41, 5.74) is 5.91. The third kappa shape index (κ3) is 4.64. The first-order valence-electron chi connectivity index (χ1n) is 4.86. The van der Waals surface area contributed by atoms with Crippen molar-refractivity contribution in [2.45, 2.75) is 12.3 Å². The van der Waals surface area contributed by atoms with Crippen molar-refractivity contribution >= 4 is 19.0 Å². The Morgan fingerprint density at radius 3 is 2.44 bits per heavy atom. The normalized spacial score (nSPS) is 16.8. The molecule has 0 aromatic heterocycles. The molecule has 0 heterocycles. The minimum atomic E-state index is -3.38. The molecule has 1 aromatic rings. The molecule has 0 amide bonds. The summed E-state index contributed by atoms with van der Waals surface area (Å²) in [5.74, 6) is 0. The van der Waals surface area contributed by atoms with E-state index < -0.39 is 13.5 Å². The van der Waals surface area contributed by atoms with Crippen molar-refractivity contribution in [2.75, 3.05) is 12.7 Å². The Labute approximate surface area is 99.5 Å². The lowest BCUT2D eigenvalue weighted by molar-refractivity contribution is 0.202. The number of benzene rings is 1. The van der Waals surface area contributed by atoms with Gasteiger partial charge < -0.3 is 15.7 Å². The second-order valence-electron chi connectivity index (χ2n) is 3.70. The minimum absolute atomic E-state index is 0.00876. The molecular formula is C10H15ClNO3P. The quantitative estimate of drug-likeness (QED) is 0.702. The van der Waals surface area contributed by atoms with Gasteiger partial charge in [-0.15, -0.1) is 0 Å². The predicted molar refractivity (Wildman–Crippen MR) is 64.9 cm³/mol. The van der Waals surface area contributed by atoms with Gasteiger partial charge in [-0.3, -0.25) is 4.57 Å². The molecule has 0 saturated carbocycles. The van der Waals surface area contributed by atoms with Gasteiger partial charge in [0.25, 0.3) is 0 Å². The van der Waals surface area contributed by atoms with Crippen LogP contribution in [-0.4, -0.2) is 28.8 Å². The SMILES string of the molecule is NC[C@H](O)CP(=O)(O)Cc1ccc(Cl)cc1. The molecular weight excluding hydrogens is 249 g/mol. The highest BCUT2D eigenvalue weighted by atomic mass is 35.5. The summed E-state index contributed by atoms with van der Waals surface area (Å²) in [5, 5.41) is 9.82. The molecule has 1 aromatic carbocycles. The van der Waals surface area contributed by atoms with Gasteiger partial charge in [0.2, 0.25) is 7.37 Å². The molecule has 0 spiro atoms. The first kappa shape index (κ1) is 13.7. The van der Waals surface area contributed by atoms with Crippen LogP contribution in [0.1, 0.15) is 5.56 Å². The van der Waals surface area contributed by atoms with Crippen molar-refractivity contribution in [1.82, 2.24) is 0 Å². The highest BCUT2D eigenvalue weighted by Crippen LogP contribution is 2.44. The van der Waals surface area contributed by atoms with E-state index in [1.807, 2.05) is 0 Å². The zero-order valence-corrected chi connectivity index (χ0v) is 10.4. The second kappa shape index (κ2) is 5.80. The van der Waals surface area contributed by atoms with Crippen molar-refractivity contribution in [3.8, 4) is 0 Å². The first-order chi connectivity index (χ1) is 7.43. The van der Waals surface area contributed by atoms with Crippen LogP contribution in [0.15, 0.2) is 24.3 Å². The van der Waals surface area contributed by atoms with Gasteiger partial charge in [-0.05, 0) is 17.7 Å². The molecule has 16 heavy (non-hydrogen) atoms. The van der Waals surface area contributed by atoms with Crippen LogP contribution in [0.2, 0.25) is 5.02 Å². The van der Waals surface area contributed by atoms with E-state index in [0.29, 0.717) is 5.02 Å². The largest absolute Gasteiger partial charge is 0.391 e. The van der Waals surface area contributed by atoms with Crippen LogP contribution < -0.4 is 5.73 Å². The standard InChI is InChI=1S/C10H15ClNO3P/c11-9-3-1-8(2-4-9)6-16(14,15)7-10(13)5-12/h1-4,10,13H,5-7,12H2,(H,14,15)/t10-/m0/s1. The third-order valence-electron chi connectivity index (χ3n) is 2.11. The van der Waals surface area contributed by atoms with E-state index in [-0.39, 0.29) is 18.9 Å². The summed E-state index contributed by atoms with van der Waals surface area (Å²) in [7, 11) is -3.38. The molecule has 0 fully saturated rings. The second-order valence-corrected chi connectivity index (χ2v) is 6.51. The van der Waals surface area contributed by atoms with E-state index in [9.17, 15) is 14.6 Å². The Morgan fingerprint density at radius 1 is 1.38 bits per heavy atom. The zero-order chi connectivity index (χ0) is 12.2. The molecule has 2 atom stereocenters. The monoisotopic (exact) mass is 263 g/mol. The van der Waals surface area contributed by atoms with Crippen LogP contribution >= 0.6 is 19.0 Å². The van der Waals surface area contributed by atoms with Crippen LogP contribution in [0, 0.1) is 0 Å². The van der Waals surface area contributed by atoms with E-state index in [1.54, 1.807) is 24.3 Å². The Kier molecular flexibility index (Phi) is 4.96. The molecule has 4 N–H and O–H groups in total. The fourth-order valence-corrected chi connectivity index (χ4v) is 3.19. The summed E-state index contributed by atoms with van der Waals surface area (Å²) >= 11 is 5.70. The highest BCUT2D eigenvalue weighted by molar-refractivity contribution is 7.57. The van der Waals surface area contributed by atoms with Crippen LogP contribution in [0.3, 0.4) is 0 Å². The van der Waals surface area contributed by atoms with E-state index in [0.717, 1.165) is 5.56 Å². The van der Waals surface area contributed by atoms with Gasteiger partial charge in [0, 0.05) is 17.7 Å². The van der Waals surface area contributed by atoms with Crippen LogP contribution in [0.4, 0.5) is 0 Å². The van der Waals surface area contributed by atoms with Crippen LogP contribution in [0.25, 0.3) is 0 Å². The average Bonchev–Trinajstić information content (AvgIpc) is 2.20. The maximum atomic E-state index is 11.7. The van der Waals surface area contributed by atoms with Gasteiger partial charge in [0.05, 0.1) is 12.3 Å². The van der Waals surface area contributed by atoms with Gasteiger partial charge in [0.1, 0.15) is 0 Å². The van der Waals surface area contributed by atoms with E-state index in [1.165, 1.54) is 0 Å². The molecule has 0 aliphatic rings. The van der Waals surface area contributed by atoms with Gasteiger partial charge in [-0.25, -0.2) is 0 Å². The summed E-state index contributed by atoms with van der Waals surface area (Å²) in [4.78, 5) is 9.65. The molecule has 6 heteroatoms. The van der Waals surface area contributed by atoms with Crippen molar-refractivity contribution < 1.29 is 14.6 Å². The highest BCUT2D eigenvalue weighted by Gasteiger charge is 2.22. The fraction of sp³-hybridized carbons (Fsp3) is 0.400. The maximum Gasteiger partial charge on any atom is 0.207 e. The number of halogens is 1. The number of aliphatic hydroxyl groups is 1. The lowest BCUT2D eigenvalue weighted by Gasteiger charge is -2.14. The lowest BCUT2D eigenvalue weighted by Crippen LogP contribution is -2.23. The molecule has 1 rings (SSSR count). The van der Waals surface area contributed by atoms with Gasteiger partial charge in [0.15, 0.2) is 0 Å². The Balaban J connectivity index is 2.65. The van der Waals surface area contributed by atoms with Crippen molar-refractivity contribution in [1.29, 1.82) is 0 Å². The summed E-state index contributed by atoms with van der Waals surface area (Å²) < 4.78 is 11.7. The van der Waals surface area contributed by atoms with Crippen molar-refractivity contribution in [3.63, 3.8) is 0 Å². The molecule has 4 nitrogen and oxygen atoms in total. The average molecular weight is 264 g/mol. The third-order valence-corrected chi connectivity index (χ3v) is 4.21.